The van der Waals surface area contributed by atoms with E-state index in [0.29, 0.717) is 31.9 Å². The van der Waals surface area contributed by atoms with E-state index in [1.807, 2.05) is 13.0 Å². The topological polar surface area (TPSA) is 49.9 Å². The Labute approximate surface area is 162 Å². The number of methoxy groups -OCH3 is 1. The van der Waals surface area contributed by atoms with Crippen molar-refractivity contribution in [2.45, 2.75) is 32.1 Å². The van der Waals surface area contributed by atoms with Gasteiger partial charge in [0.25, 0.3) is 0 Å². The van der Waals surface area contributed by atoms with Gasteiger partial charge in [0, 0.05) is 31.9 Å². The van der Waals surface area contributed by atoms with Crippen LogP contribution in [0.4, 0.5) is 5.69 Å². The summed E-state index contributed by atoms with van der Waals surface area (Å²) >= 11 is 0. The molecule has 1 aliphatic heterocycles. The third kappa shape index (κ3) is 3.82. The second-order valence-electron chi connectivity index (χ2n) is 6.98. The van der Waals surface area contributed by atoms with Gasteiger partial charge in [-0.2, -0.15) is 4.31 Å². The molecular weight excluding hydrogens is 360 g/mol. The molecular formula is C21H28N2O3S. The summed E-state index contributed by atoms with van der Waals surface area (Å²) in [5.74, 6) is 0.398. The molecule has 1 saturated heterocycles. The number of para-hydroxylation sites is 1. The average molecular weight is 389 g/mol. The highest BCUT2D eigenvalue weighted by atomic mass is 32.2. The molecule has 0 aromatic heterocycles. The molecule has 0 amide bonds. The Morgan fingerprint density at radius 3 is 2.37 bits per heavy atom. The highest BCUT2D eigenvalue weighted by molar-refractivity contribution is 7.89. The molecule has 1 aliphatic rings. The number of benzene rings is 2. The van der Waals surface area contributed by atoms with Gasteiger partial charge >= 0.3 is 0 Å². The van der Waals surface area contributed by atoms with Crippen molar-refractivity contribution < 1.29 is 13.2 Å². The first-order valence-electron chi connectivity index (χ1n) is 9.36. The summed E-state index contributed by atoms with van der Waals surface area (Å²) in [7, 11) is -2.07. The molecule has 3 rings (SSSR count). The molecule has 0 radical (unpaired) electrons. The normalized spacial score (nSPS) is 15.8. The molecule has 0 spiro atoms. The molecule has 146 valence electrons. The Balaban J connectivity index is 1.83. The number of hydrogen-bond donors (Lipinski definition) is 0. The number of aryl methyl sites for hydroxylation is 3. The Kier molecular flexibility index (Phi) is 5.77. The fraction of sp³-hybridized carbons (Fsp3) is 0.429. The predicted molar refractivity (Wildman–Crippen MR) is 109 cm³/mol. The van der Waals surface area contributed by atoms with Gasteiger partial charge in [-0.15, -0.1) is 0 Å². The molecule has 0 aliphatic carbocycles. The predicted octanol–water partition coefficient (Wildman–Crippen LogP) is 3.39. The van der Waals surface area contributed by atoms with Crippen molar-refractivity contribution in [3.8, 4) is 5.75 Å². The van der Waals surface area contributed by atoms with Crippen molar-refractivity contribution in [3.05, 3.63) is 53.1 Å². The average Bonchev–Trinajstić information content (AvgIpc) is 2.67. The van der Waals surface area contributed by atoms with Crippen LogP contribution in [0.3, 0.4) is 0 Å². The second kappa shape index (κ2) is 7.90. The lowest BCUT2D eigenvalue weighted by atomic mass is 10.0. The molecule has 2 aromatic rings. The number of sulfonamides is 1. The summed E-state index contributed by atoms with van der Waals surface area (Å²) in [5, 5.41) is 0. The van der Waals surface area contributed by atoms with Gasteiger partial charge in [0.15, 0.2) is 0 Å². The Morgan fingerprint density at radius 1 is 1.04 bits per heavy atom. The molecule has 2 aromatic carbocycles. The fourth-order valence-corrected chi connectivity index (χ4v) is 5.40. The maximum absolute atomic E-state index is 13.2. The van der Waals surface area contributed by atoms with Crippen LogP contribution in [0.15, 0.2) is 41.3 Å². The molecule has 0 bridgehead atoms. The van der Waals surface area contributed by atoms with E-state index in [1.54, 1.807) is 16.4 Å². The Bertz CT molecular complexity index is 917. The molecule has 5 nitrogen and oxygen atoms in total. The largest absolute Gasteiger partial charge is 0.495 e. The maximum Gasteiger partial charge on any atom is 0.246 e. The van der Waals surface area contributed by atoms with Gasteiger partial charge in [0.05, 0.1) is 7.11 Å². The molecule has 0 unspecified atom stereocenters. The first-order valence-corrected chi connectivity index (χ1v) is 10.8. The van der Waals surface area contributed by atoms with Crippen LogP contribution < -0.4 is 9.64 Å². The molecule has 1 fully saturated rings. The first kappa shape index (κ1) is 19.7. The minimum atomic E-state index is -3.58. The number of nitrogens with zero attached hydrogens (tertiary/aromatic N) is 2. The lowest BCUT2D eigenvalue weighted by molar-refractivity contribution is 0.374. The van der Waals surface area contributed by atoms with Gasteiger partial charge < -0.3 is 9.64 Å². The van der Waals surface area contributed by atoms with Gasteiger partial charge in [-0.25, -0.2) is 8.42 Å². The number of anilines is 1. The van der Waals surface area contributed by atoms with E-state index in [1.165, 1.54) is 23.9 Å². The number of piperazine rings is 1. The van der Waals surface area contributed by atoms with Crippen LogP contribution in [-0.4, -0.2) is 46.0 Å². The van der Waals surface area contributed by atoms with Gasteiger partial charge in [-0.1, -0.05) is 31.2 Å². The Hall–Kier alpha value is -2.05. The number of hydrogen-bond acceptors (Lipinski definition) is 4. The van der Waals surface area contributed by atoms with E-state index < -0.39 is 10.0 Å². The van der Waals surface area contributed by atoms with E-state index in [2.05, 4.69) is 36.9 Å². The van der Waals surface area contributed by atoms with Crippen molar-refractivity contribution in [3.63, 3.8) is 0 Å². The van der Waals surface area contributed by atoms with Gasteiger partial charge in [0.2, 0.25) is 10.0 Å². The van der Waals surface area contributed by atoms with Crippen LogP contribution >= 0.6 is 0 Å². The van der Waals surface area contributed by atoms with E-state index in [0.717, 1.165) is 12.0 Å². The molecule has 6 heteroatoms. The SMILES string of the molecule is CCc1cccc(C)c1N1CCN(S(=O)(=O)c2cc(C)ccc2OC)CC1. The van der Waals surface area contributed by atoms with Crippen LogP contribution in [0, 0.1) is 13.8 Å². The maximum atomic E-state index is 13.2. The highest BCUT2D eigenvalue weighted by Gasteiger charge is 2.31. The van der Waals surface area contributed by atoms with Crippen LogP contribution in [-0.2, 0) is 16.4 Å². The van der Waals surface area contributed by atoms with E-state index in [9.17, 15) is 8.42 Å². The molecule has 1 heterocycles. The summed E-state index contributed by atoms with van der Waals surface area (Å²) in [6.45, 7) is 8.48. The van der Waals surface area contributed by atoms with E-state index in [-0.39, 0.29) is 4.90 Å². The molecule has 0 atom stereocenters. The smallest absolute Gasteiger partial charge is 0.246 e. The minimum Gasteiger partial charge on any atom is -0.495 e. The second-order valence-corrected chi connectivity index (χ2v) is 8.89. The Morgan fingerprint density at radius 2 is 1.74 bits per heavy atom. The molecule has 27 heavy (non-hydrogen) atoms. The zero-order valence-corrected chi connectivity index (χ0v) is 17.3. The van der Waals surface area contributed by atoms with Crippen molar-refractivity contribution in [2.75, 3.05) is 38.2 Å². The summed E-state index contributed by atoms with van der Waals surface area (Å²) < 4.78 is 33.2. The van der Waals surface area contributed by atoms with Crippen LogP contribution in [0.1, 0.15) is 23.6 Å². The minimum absolute atomic E-state index is 0.253. The summed E-state index contributed by atoms with van der Waals surface area (Å²) in [6.07, 6.45) is 0.968. The molecule has 0 saturated carbocycles. The van der Waals surface area contributed by atoms with Gasteiger partial charge in [-0.3, -0.25) is 0 Å². The van der Waals surface area contributed by atoms with Crippen molar-refractivity contribution in [1.29, 1.82) is 0 Å². The van der Waals surface area contributed by atoms with Crippen molar-refractivity contribution in [1.82, 2.24) is 4.31 Å². The first-order chi connectivity index (χ1) is 12.9. The van der Waals surface area contributed by atoms with Crippen LogP contribution in [0.25, 0.3) is 0 Å². The zero-order valence-electron chi connectivity index (χ0n) is 16.5. The van der Waals surface area contributed by atoms with Gasteiger partial charge in [0.1, 0.15) is 10.6 Å². The zero-order chi connectivity index (χ0) is 19.6. The molecule has 0 N–H and O–H groups in total. The van der Waals surface area contributed by atoms with Crippen molar-refractivity contribution >= 4 is 15.7 Å². The third-order valence-corrected chi connectivity index (χ3v) is 7.11. The standard InChI is InChI=1S/C21H28N2O3S/c1-5-18-8-6-7-17(3)21(18)22-11-13-23(14-12-22)27(24,25)20-15-16(2)9-10-19(20)26-4/h6-10,15H,5,11-14H2,1-4H3. The lowest BCUT2D eigenvalue weighted by Crippen LogP contribution is -2.49. The quantitative estimate of drug-likeness (QED) is 0.788. The third-order valence-electron chi connectivity index (χ3n) is 5.19. The highest BCUT2D eigenvalue weighted by Crippen LogP contribution is 2.31. The van der Waals surface area contributed by atoms with E-state index in [4.69, 9.17) is 4.74 Å². The van der Waals surface area contributed by atoms with E-state index >= 15 is 0 Å². The summed E-state index contributed by atoms with van der Waals surface area (Å²) in [6, 6.07) is 11.6. The number of ether oxygens (including phenoxy) is 1. The van der Waals surface area contributed by atoms with Crippen LogP contribution in [0.5, 0.6) is 5.75 Å². The summed E-state index contributed by atoms with van der Waals surface area (Å²) in [5.41, 5.74) is 4.71. The lowest BCUT2D eigenvalue weighted by Gasteiger charge is -2.37. The monoisotopic (exact) mass is 388 g/mol. The summed E-state index contributed by atoms with van der Waals surface area (Å²) in [4.78, 5) is 2.57. The van der Waals surface area contributed by atoms with Crippen molar-refractivity contribution in [2.24, 2.45) is 0 Å². The fourth-order valence-electron chi connectivity index (χ4n) is 3.73. The van der Waals surface area contributed by atoms with Crippen LogP contribution in [0.2, 0.25) is 0 Å². The van der Waals surface area contributed by atoms with Gasteiger partial charge in [-0.05, 0) is 49.1 Å². The number of rotatable bonds is 5.